The van der Waals surface area contributed by atoms with E-state index in [1.165, 1.54) is 11.1 Å². The Morgan fingerprint density at radius 1 is 1.24 bits per heavy atom. The van der Waals surface area contributed by atoms with Crippen LogP contribution in [0, 0.1) is 0 Å². The SMILES string of the molecule is O=C(N[C@@H]1CCc2ccc(Br)cc21)OCc1ccccc1. The molecule has 0 bridgehead atoms. The van der Waals surface area contributed by atoms with Gasteiger partial charge in [-0.05, 0) is 41.7 Å². The smallest absolute Gasteiger partial charge is 0.407 e. The van der Waals surface area contributed by atoms with E-state index >= 15 is 0 Å². The van der Waals surface area contributed by atoms with Crippen molar-refractivity contribution in [3.63, 3.8) is 0 Å². The van der Waals surface area contributed by atoms with Gasteiger partial charge in [0.25, 0.3) is 0 Å². The Kier molecular flexibility index (Phi) is 4.25. The van der Waals surface area contributed by atoms with Crippen molar-refractivity contribution in [1.82, 2.24) is 5.32 Å². The fraction of sp³-hybridized carbons (Fsp3) is 0.235. The number of alkyl carbamates (subject to hydrolysis) is 1. The molecule has 2 aromatic rings. The molecule has 0 saturated carbocycles. The zero-order chi connectivity index (χ0) is 14.7. The van der Waals surface area contributed by atoms with E-state index in [0.29, 0.717) is 6.61 Å². The van der Waals surface area contributed by atoms with Crippen LogP contribution in [0.2, 0.25) is 0 Å². The van der Waals surface area contributed by atoms with Gasteiger partial charge in [0.1, 0.15) is 6.61 Å². The molecule has 2 aromatic carbocycles. The second kappa shape index (κ2) is 6.31. The summed E-state index contributed by atoms with van der Waals surface area (Å²) in [6.07, 6.45) is 1.55. The number of amides is 1. The van der Waals surface area contributed by atoms with Crippen molar-refractivity contribution in [1.29, 1.82) is 0 Å². The second-order valence-corrected chi connectivity index (χ2v) is 6.06. The highest BCUT2D eigenvalue weighted by molar-refractivity contribution is 9.10. The van der Waals surface area contributed by atoms with Gasteiger partial charge in [0, 0.05) is 4.47 Å². The highest BCUT2D eigenvalue weighted by Gasteiger charge is 2.24. The maximum atomic E-state index is 11.9. The average molecular weight is 346 g/mol. The minimum absolute atomic E-state index is 0.0424. The van der Waals surface area contributed by atoms with Crippen LogP contribution < -0.4 is 5.32 Å². The average Bonchev–Trinajstić information content (AvgIpc) is 2.88. The number of hydrogen-bond donors (Lipinski definition) is 1. The van der Waals surface area contributed by atoms with Gasteiger partial charge in [-0.3, -0.25) is 0 Å². The molecule has 3 rings (SSSR count). The fourth-order valence-corrected chi connectivity index (χ4v) is 3.01. The lowest BCUT2D eigenvalue weighted by molar-refractivity contribution is 0.135. The van der Waals surface area contributed by atoms with Crippen molar-refractivity contribution in [2.75, 3.05) is 0 Å². The van der Waals surface area contributed by atoms with Gasteiger partial charge in [0.2, 0.25) is 0 Å². The Labute approximate surface area is 132 Å². The Hall–Kier alpha value is -1.81. The molecule has 0 aliphatic heterocycles. The van der Waals surface area contributed by atoms with Gasteiger partial charge in [-0.15, -0.1) is 0 Å². The molecule has 0 spiro atoms. The summed E-state index contributed by atoms with van der Waals surface area (Å²) in [5.74, 6) is 0. The first-order valence-corrected chi connectivity index (χ1v) is 7.77. The van der Waals surface area contributed by atoms with Crippen molar-refractivity contribution in [2.24, 2.45) is 0 Å². The standard InChI is InChI=1S/C17H16BrNO2/c18-14-8-6-13-7-9-16(15(13)10-14)19-17(20)21-11-12-4-2-1-3-5-12/h1-6,8,10,16H,7,9,11H2,(H,19,20)/t16-/m1/s1. The largest absolute Gasteiger partial charge is 0.445 e. The molecule has 21 heavy (non-hydrogen) atoms. The summed E-state index contributed by atoms with van der Waals surface area (Å²) in [5.41, 5.74) is 3.47. The summed E-state index contributed by atoms with van der Waals surface area (Å²) >= 11 is 3.48. The number of benzene rings is 2. The van der Waals surface area contributed by atoms with E-state index in [-0.39, 0.29) is 12.1 Å². The molecule has 0 heterocycles. The Morgan fingerprint density at radius 3 is 2.86 bits per heavy atom. The first-order valence-electron chi connectivity index (χ1n) is 6.98. The molecule has 0 radical (unpaired) electrons. The van der Waals surface area contributed by atoms with Crippen molar-refractivity contribution in [2.45, 2.75) is 25.5 Å². The van der Waals surface area contributed by atoms with E-state index in [2.05, 4.69) is 33.4 Å². The zero-order valence-corrected chi connectivity index (χ0v) is 13.1. The number of fused-ring (bicyclic) bond motifs is 1. The van der Waals surface area contributed by atoms with Gasteiger partial charge in [0.15, 0.2) is 0 Å². The Balaban J connectivity index is 1.58. The Morgan fingerprint density at radius 2 is 2.05 bits per heavy atom. The number of rotatable bonds is 3. The summed E-state index contributed by atoms with van der Waals surface area (Å²) in [4.78, 5) is 11.9. The van der Waals surface area contributed by atoms with Crippen LogP contribution in [0.15, 0.2) is 53.0 Å². The number of carbonyl (C=O) groups is 1. The molecule has 4 heteroatoms. The minimum atomic E-state index is -0.364. The van der Waals surface area contributed by atoms with Crippen LogP contribution in [0.4, 0.5) is 4.79 Å². The summed E-state index contributed by atoms with van der Waals surface area (Å²) in [6, 6.07) is 15.9. The van der Waals surface area contributed by atoms with Crippen molar-refractivity contribution in [3.05, 3.63) is 69.7 Å². The topological polar surface area (TPSA) is 38.3 Å². The van der Waals surface area contributed by atoms with E-state index in [4.69, 9.17) is 4.74 Å². The van der Waals surface area contributed by atoms with Crippen LogP contribution >= 0.6 is 15.9 Å². The summed E-state index contributed by atoms with van der Waals surface area (Å²) in [5, 5.41) is 2.95. The van der Waals surface area contributed by atoms with Crippen LogP contribution in [0.25, 0.3) is 0 Å². The molecule has 1 amide bonds. The number of hydrogen-bond acceptors (Lipinski definition) is 2. The van der Waals surface area contributed by atoms with Crippen molar-refractivity contribution < 1.29 is 9.53 Å². The normalized spacial score (nSPS) is 16.3. The van der Waals surface area contributed by atoms with Gasteiger partial charge < -0.3 is 10.1 Å². The third-order valence-electron chi connectivity index (χ3n) is 3.69. The number of carbonyl (C=O) groups excluding carboxylic acids is 1. The summed E-state index contributed by atoms with van der Waals surface area (Å²) < 4.78 is 6.31. The van der Waals surface area contributed by atoms with Gasteiger partial charge in [-0.1, -0.05) is 52.3 Å². The molecule has 0 fully saturated rings. The predicted molar refractivity (Wildman–Crippen MR) is 85.0 cm³/mol. The molecule has 1 N–H and O–H groups in total. The van der Waals surface area contributed by atoms with Gasteiger partial charge in [-0.2, -0.15) is 0 Å². The third-order valence-corrected chi connectivity index (χ3v) is 4.18. The highest BCUT2D eigenvalue weighted by atomic mass is 79.9. The quantitative estimate of drug-likeness (QED) is 0.897. The van der Waals surface area contributed by atoms with Crippen molar-refractivity contribution >= 4 is 22.0 Å². The summed E-state index contributed by atoms with van der Waals surface area (Å²) in [6.45, 7) is 0.296. The monoisotopic (exact) mass is 345 g/mol. The molecule has 1 atom stereocenters. The second-order valence-electron chi connectivity index (χ2n) is 5.14. The lowest BCUT2D eigenvalue weighted by Gasteiger charge is -2.14. The maximum absolute atomic E-state index is 11.9. The van der Waals surface area contributed by atoms with E-state index in [9.17, 15) is 4.79 Å². The van der Waals surface area contributed by atoms with E-state index in [1.54, 1.807) is 0 Å². The minimum Gasteiger partial charge on any atom is -0.445 e. The third kappa shape index (κ3) is 3.45. The molecule has 1 aliphatic carbocycles. The number of nitrogens with one attached hydrogen (secondary N) is 1. The van der Waals surface area contributed by atoms with Crippen LogP contribution in [0.1, 0.15) is 29.2 Å². The molecular weight excluding hydrogens is 330 g/mol. The van der Waals surface area contributed by atoms with Gasteiger partial charge in [-0.25, -0.2) is 4.79 Å². The number of aryl methyl sites for hydroxylation is 1. The predicted octanol–water partition coefficient (Wildman–Crippen LogP) is 4.36. The first-order chi connectivity index (χ1) is 10.2. The molecule has 1 aliphatic rings. The molecular formula is C17H16BrNO2. The van der Waals surface area contributed by atoms with Crippen LogP contribution in [0.5, 0.6) is 0 Å². The van der Waals surface area contributed by atoms with Crippen LogP contribution in [0.3, 0.4) is 0 Å². The lowest BCUT2D eigenvalue weighted by atomic mass is 10.1. The molecule has 0 saturated heterocycles. The maximum Gasteiger partial charge on any atom is 0.407 e. The van der Waals surface area contributed by atoms with Gasteiger partial charge in [0.05, 0.1) is 6.04 Å². The first kappa shape index (κ1) is 14.1. The number of halogens is 1. The zero-order valence-electron chi connectivity index (χ0n) is 11.5. The highest BCUT2D eigenvalue weighted by Crippen LogP contribution is 2.33. The van der Waals surface area contributed by atoms with Gasteiger partial charge >= 0.3 is 6.09 Å². The molecule has 0 aromatic heterocycles. The molecule has 0 unspecified atom stereocenters. The lowest BCUT2D eigenvalue weighted by Crippen LogP contribution is -2.27. The van der Waals surface area contributed by atoms with Crippen molar-refractivity contribution in [3.8, 4) is 0 Å². The fourth-order valence-electron chi connectivity index (χ4n) is 2.63. The number of ether oxygens (including phenoxy) is 1. The van der Waals surface area contributed by atoms with E-state index in [0.717, 1.165) is 22.9 Å². The van der Waals surface area contributed by atoms with E-state index < -0.39 is 0 Å². The Bertz CT molecular complexity index is 642. The summed E-state index contributed by atoms with van der Waals surface area (Å²) in [7, 11) is 0. The van der Waals surface area contributed by atoms with E-state index in [1.807, 2.05) is 36.4 Å². The van der Waals surface area contributed by atoms with Crippen LogP contribution in [-0.2, 0) is 17.8 Å². The molecule has 3 nitrogen and oxygen atoms in total. The molecule has 108 valence electrons. The van der Waals surface area contributed by atoms with Crippen LogP contribution in [-0.4, -0.2) is 6.09 Å².